The van der Waals surface area contributed by atoms with Crippen LogP contribution in [-0.2, 0) is 39.3 Å². The lowest BCUT2D eigenvalue weighted by Gasteiger charge is -2.28. The molecule has 0 bridgehead atoms. The van der Waals surface area contributed by atoms with Gasteiger partial charge >= 0.3 is 11.9 Å². The zero-order chi connectivity index (χ0) is 31.8. The van der Waals surface area contributed by atoms with Crippen LogP contribution in [0.2, 0.25) is 10.0 Å². The summed E-state index contributed by atoms with van der Waals surface area (Å²) in [7, 11) is -3.86. The quantitative estimate of drug-likeness (QED) is 0.203. The molecule has 2 aromatic carbocycles. The molecule has 0 N–H and O–H groups in total. The molecule has 2 atom stereocenters. The van der Waals surface area contributed by atoms with Crippen molar-refractivity contribution in [2.75, 3.05) is 31.9 Å². The Labute approximate surface area is 261 Å². The molecule has 0 spiro atoms. The Bertz CT molecular complexity index is 1360. The van der Waals surface area contributed by atoms with Crippen LogP contribution in [0.4, 0.5) is 0 Å². The van der Waals surface area contributed by atoms with Gasteiger partial charge in [-0.15, -0.1) is 11.6 Å². The van der Waals surface area contributed by atoms with Gasteiger partial charge in [-0.2, -0.15) is 0 Å². The predicted molar refractivity (Wildman–Crippen MR) is 160 cm³/mol. The van der Waals surface area contributed by atoms with Crippen LogP contribution >= 0.6 is 34.8 Å². The maximum absolute atomic E-state index is 12.0. The van der Waals surface area contributed by atoms with Crippen molar-refractivity contribution < 1.29 is 41.7 Å². The molecule has 0 heterocycles. The van der Waals surface area contributed by atoms with Crippen molar-refractivity contribution in [2.24, 2.45) is 0 Å². The molecule has 2 rings (SSSR count). The van der Waals surface area contributed by atoms with E-state index in [9.17, 15) is 22.8 Å². The van der Waals surface area contributed by atoms with Gasteiger partial charge in [-0.1, -0.05) is 49.2 Å². The summed E-state index contributed by atoms with van der Waals surface area (Å²) < 4.78 is 46.3. The van der Waals surface area contributed by atoms with Gasteiger partial charge in [0.05, 0.1) is 28.7 Å². The average molecular weight is 667 g/mol. The number of rotatable bonds is 14. The van der Waals surface area contributed by atoms with E-state index in [2.05, 4.69) is 0 Å². The van der Waals surface area contributed by atoms with Gasteiger partial charge in [0.2, 0.25) is 15.9 Å². The monoisotopic (exact) mass is 665 g/mol. The van der Waals surface area contributed by atoms with Crippen molar-refractivity contribution in [3.05, 3.63) is 57.6 Å². The van der Waals surface area contributed by atoms with Crippen molar-refractivity contribution in [3.63, 3.8) is 0 Å². The van der Waals surface area contributed by atoms with E-state index in [1.807, 2.05) is 26.0 Å². The summed E-state index contributed by atoms with van der Waals surface area (Å²) >= 11 is 18.9. The maximum Gasteiger partial charge on any atom is 0.303 e. The summed E-state index contributed by atoms with van der Waals surface area (Å²) in [6, 6.07) is 10.6. The van der Waals surface area contributed by atoms with E-state index in [1.54, 1.807) is 24.3 Å². The Kier molecular flexibility index (Phi) is 12.8. The predicted octanol–water partition coefficient (Wildman–Crippen LogP) is 4.99. The highest BCUT2D eigenvalue weighted by atomic mass is 35.5. The second-order valence-electron chi connectivity index (χ2n) is 9.97. The van der Waals surface area contributed by atoms with Gasteiger partial charge in [0.15, 0.2) is 11.9 Å². The first-order valence-corrected chi connectivity index (χ1v) is 15.8. The number of esters is 2. The number of sulfonamides is 1. The van der Waals surface area contributed by atoms with E-state index in [1.165, 1.54) is 13.8 Å². The number of benzene rings is 2. The van der Waals surface area contributed by atoms with Crippen molar-refractivity contribution in [1.29, 1.82) is 0 Å². The molecule has 232 valence electrons. The Balaban J connectivity index is 2.18. The number of alkyl halides is 1. The molecule has 0 saturated carbocycles. The lowest BCUT2D eigenvalue weighted by molar-refractivity contribution is -0.149. The lowest BCUT2D eigenvalue weighted by Crippen LogP contribution is -2.43. The fourth-order valence-corrected chi connectivity index (χ4v) is 5.60. The van der Waals surface area contributed by atoms with Gasteiger partial charge in [0, 0.05) is 26.2 Å². The number of nitrogens with zero attached hydrogens (tertiary/aromatic N) is 1. The number of carbonyl (C=O) groups is 3. The topological polar surface area (TPSA) is 126 Å². The van der Waals surface area contributed by atoms with Gasteiger partial charge in [-0.3, -0.25) is 14.4 Å². The first-order valence-electron chi connectivity index (χ1n) is 12.7. The van der Waals surface area contributed by atoms with Gasteiger partial charge in [0.25, 0.3) is 0 Å². The molecule has 0 aromatic heterocycles. The highest BCUT2D eigenvalue weighted by Crippen LogP contribution is 2.40. The highest BCUT2D eigenvalue weighted by Gasteiger charge is 2.28. The Hall–Kier alpha value is -2.73. The van der Waals surface area contributed by atoms with E-state index in [-0.39, 0.29) is 41.4 Å². The van der Waals surface area contributed by atoms with E-state index < -0.39 is 45.5 Å². The average Bonchev–Trinajstić information content (AvgIpc) is 2.87. The van der Waals surface area contributed by atoms with E-state index in [0.29, 0.717) is 10.1 Å². The fourth-order valence-electron chi connectivity index (χ4n) is 3.94. The third kappa shape index (κ3) is 10.2. The SMILES string of the molecule is CC(=O)O[C@H](CCl)COc1c(Cl)cc(C(C)(C)c2ccc(OC[C@@H](CN(C(C)=O)S(C)(=O)=O)OC(C)=O)cc2)cc1Cl. The number of amides is 1. The standard InChI is InChI=1S/C28H34Cl3NO9S/c1-17(33)32(42(6,36)37)14-24(41-19(3)35)16-38-22-9-7-20(8-10-22)28(4,5)21-11-25(30)27(26(31)12-21)39-15-23(13-29)40-18(2)34/h7-12,23-24H,13-16H2,1-6H3/t23-,24-/m1/s1. The number of carbonyl (C=O) groups excluding carboxylic acids is 3. The van der Waals surface area contributed by atoms with Crippen LogP contribution < -0.4 is 9.47 Å². The minimum Gasteiger partial charge on any atom is -0.490 e. The molecule has 0 radical (unpaired) electrons. The normalized spacial score (nSPS) is 13.1. The van der Waals surface area contributed by atoms with Gasteiger partial charge < -0.3 is 18.9 Å². The van der Waals surface area contributed by atoms with Crippen LogP contribution in [0.3, 0.4) is 0 Å². The minimum atomic E-state index is -3.86. The van der Waals surface area contributed by atoms with Gasteiger partial charge in [-0.05, 0) is 35.4 Å². The van der Waals surface area contributed by atoms with Crippen LogP contribution in [0.5, 0.6) is 11.5 Å². The number of ether oxygens (including phenoxy) is 4. The van der Waals surface area contributed by atoms with Crippen molar-refractivity contribution in [2.45, 2.75) is 52.2 Å². The molecule has 0 aliphatic heterocycles. The molecule has 0 unspecified atom stereocenters. The van der Waals surface area contributed by atoms with E-state index in [0.717, 1.165) is 24.3 Å². The highest BCUT2D eigenvalue weighted by molar-refractivity contribution is 7.88. The second kappa shape index (κ2) is 15.1. The summed E-state index contributed by atoms with van der Waals surface area (Å²) in [5, 5.41) is 0.541. The molecular weight excluding hydrogens is 633 g/mol. The molecule has 0 fully saturated rings. The van der Waals surface area contributed by atoms with Gasteiger partial charge in [0.1, 0.15) is 25.1 Å². The fraction of sp³-hybridized carbons (Fsp3) is 0.464. The van der Waals surface area contributed by atoms with Crippen molar-refractivity contribution >= 4 is 62.7 Å². The van der Waals surface area contributed by atoms with E-state index in [4.69, 9.17) is 53.8 Å². The molecule has 14 heteroatoms. The first kappa shape index (κ1) is 35.5. The third-order valence-corrected chi connectivity index (χ3v) is 8.22. The molecule has 1 amide bonds. The number of hydrogen-bond acceptors (Lipinski definition) is 9. The Morgan fingerprint density at radius 1 is 0.857 bits per heavy atom. The molecule has 42 heavy (non-hydrogen) atoms. The van der Waals surface area contributed by atoms with Crippen LogP contribution in [0, 0.1) is 0 Å². The third-order valence-electron chi connectivity index (χ3n) is 6.10. The zero-order valence-electron chi connectivity index (χ0n) is 24.1. The molecule has 10 nitrogen and oxygen atoms in total. The van der Waals surface area contributed by atoms with Gasteiger partial charge in [-0.25, -0.2) is 12.7 Å². The lowest BCUT2D eigenvalue weighted by atomic mass is 9.78. The molecule has 2 aromatic rings. The summed E-state index contributed by atoms with van der Waals surface area (Å²) in [5.74, 6) is -1.11. The number of hydrogen-bond donors (Lipinski definition) is 0. The summed E-state index contributed by atoms with van der Waals surface area (Å²) in [4.78, 5) is 34.6. The Morgan fingerprint density at radius 2 is 1.36 bits per heavy atom. The van der Waals surface area contributed by atoms with Crippen LogP contribution in [0.25, 0.3) is 0 Å². The molecule has 0 aliphatic rings. The molecular formula is C28H34Cl3NO9S. The zero-order valence-corrected chi connectivity index (χ0v) is 27.2. The van der Waals surface area contributed by atoms with Crippen molar-refractivity contribution in [3.8, 4) is 11.5 Å². The van der Waals surface area contributed by atoms with Crippen molar-refractivity contribution in [1.82, 2.24) is 4.31 Å². The molecule has 0 aliphatic carbocycles. The second-order valence-corrected chi connectivity index (χ2v) is 13.0. The summed E-state index contributed by atoms with van der Waals surface area (Å²) in [6.45, 7) is 6.94. The van der Waals surface area contributed by atoms with Crippen LogP contribution in [-0.4, -0.2) is 74.7 Å². The number of halogens is 3. The largest absolute Gasteiger partial charge is 0.490 e. The summed E-state index contributed by atoms with van der Waals surface area (Å²) in [6.07, 6.45) is -0.786. The summed E-state index contributed by atoms with van der Waals surface area (Å²) in [5.41, 5.74) is 1.13. The molecule has 0 saturated heterocycles. The van der Waals surface area contributed by atoms with E-state index >= 15 is 0 Å². The maximum atomic E-state index is 12.0. The first-order chi connectivity index (χ1) is 19.4. The Morgan fingerprint density at radius 3 is 1.81 bits per heavy atom. The minimum absolute atomic E-state index is 0.0218. The smallest absolute Gasteiger partial charge is 0.303 e. The van der Waals surface area contributed by atoms with Crippen LogP contribution in [0.15, 0.2) is 36.4 Å². The van der Waals surface area contributed by atoms with Crippen LogP contribution in [0.1, 0.15) is 45.7 Å².